The fraction of sp³-hybridized carbons (Fsp3) is 0.529. The summed E-state index contributed by atoms with van der Waals surface area (Å²) in [6.45, 7) is 7.96. The minimum absolute atomic E-state index is 0.0955. The van der Waals surface area contributed by atoms with Crippen molar-refractivity contribution in [2.24, 2.45) is 5.41 Å². The monoisotopic (exact) mass is 275 g/mol. The fourth-order valence-electron chi connectivity index (χ4n) is 1.59. The molecule has 20 heavy (non-hydrogen) atoms. The highest BCUT2D eigenvalue weighted by Crippen LogP contribution is 2.18. The van der Waals surface area contributed by atoms with Gasteiger partial charge in [0.05, 0.1) is 12.7 Å². The fourth-order valence-corrected chi connectivity index (χ4v) is 1.59. The lowest BCUT2D eigenvalue weighted by atomic mass is 9.89. The zero-order valence-electron chi connectivity index (χ0n) is 12.6. The zero-order valence-corrected chi connectivity index (χ0v) is 12.6. The average molecular weight is 275 g/mol. The molecule has 2 N–H and O–H groups in total. The molecule has 0 saturated carbocycles. The van der Waals surface area contributed by atoms with Gasteiger partial charge in [0.15, 0.2) is 0 Å². The molecule has 1 rings (SSSR count). The van der Waals surface area contributed by atoms with E-state index in [1.165, 1.54) is 0 Å². The quantitative estimate of drug-likeness (QED) is 0.593. The Kier molecular flexibility index (Phi) is 6.57. The van der Waals surface area contributed by atoms with E-state index < -0.39 is 0 Å². The maximum atomic E-state index is 9.93. The highest BCUT2D eigenvalue weighted by Gasteiger charge is 2.21. The smallest absolute Gasteiger partial charge is 0.119 e. The summed E-state index contributed by atoms with van der Waals surface area (Å²) in [5, 5.41) is 13.2. The molecule has 0 aliphatic rings. The van der Waals surface area contributed by atoms with Crippen molar-refractivity contribution in [2.45, 2.75) is 39.8 Å². The first-order valence-corrected chi connectivity index (χ1v) is 6.97. The third-order valence-corrected chi connectivity index (χ3v) is 3.10. The molecule has 1 aromatic rings. The van der Waals surface area contributed by atoms with Gasteiger partial charge >= 0.3 is 0 Å². The Morgan fingerprint density at radius 3 is 2.50 bits per heavy atom. The molecule has 0 spiro atoms. The largest absolute Gasteiger partial charge is 0.493 e. The number of terminal acetylenes is 1. The van der Waals surface area contributed by atoms with Crippen molar-refractivity contribution < 1.29 is 9.84 Å². The van der Waals surface area contributed by atoms with Crippen LogP contribution in [0.2, 0.25) is 0 Å². The molecule has 3 heteroatoms. The van der Waals surface area contributed by atoms with Crippen LogP contribution in [0.25, 0.3) is 0 Å². The van der Waals surface area contributed by atoms with Crippen LogP contribution in [-0.2, 0) is 6.54 Å². The van der Waals surface area contributed by atoms with Crippen molar-refractivity contribution in [3.05, 3.63) is 29.8 Å². The maximum absolute atomic E-state index is 9.93. The molecule has 0 saturated heterocycles. The maximum Gasteiger partial charge on any atom is 0.119 e. The number of aliphatic hydroxyl groups is 1. The first kappa shape index (κ1) is 16.6. The van der Waals surface area contributed by atoms with Gasteiger partial charge in [0.2, 0.25) is 0 Å². The average Bonchev–Trinajstić information content (AvgIpc) is 2.39. The van der Waals surface area contributed by atoms with E-state index in [9.17, 15) is 5.11 Å². The summed E-state index contributed by atoms with van der Waals surface area (Å²) in [6.07, 6.45) is 5.43. The number of hydrogen-bond acceptors (Lipinski definition) is 3. The van der Waals surface area contributed by atoms with Crippen LogP contribution in [0.3, 0.4) is 0 Å². The number of benzene rings is 1. The molecule has 0 heterocycles. The first-order valence-electron chi connectivity index (χ1n) is 6.97. The van der Waals surface area contributed by atoms with Gasteiger partial charge < -0.3 is 15.2 Å². The third kappa shape index (κ3) is 6.10. The molecule has 110 valence electrons. The number of ether oxygens (including phenoxy) is 1. The SMILES string of the molecule is C#CCCOc1ccc(CNCC(O)C(C)(C)C)cc1. The van der Waals surface area contributed by atoms with Crippen LogP contribution in [0.1, 0.15) is 32.8 Å². The van der Waals surface area contributed by atoms with Crippen molar-refractivity contribution in [2.75, 3.05) is 13.2 Å². The van der Waals surface area contributed by atoms with Gasteiger partial charge in [-0.05, 0) is 23.1 Å². The molecule has 0 amide bonds. The minimum Gasteiger partial charge on any atom is -0.493 e. The van der Waals surface area contributed by atoms with E-state index in [0.717, 1.165) is 17.9 Å². The van der Waals surface area contributed by atoms with E-state index in [-0.39, 0.29) is 11.5 Å². The molecule has 1 atom stereocenters. The van der Waals surface area contributed by atoms with E-state index in [1.807, 2.05) is 45.0 Å². The van der Waals surface area contributed by atoms with Gasteiger partial charge in [0.25, 0.3) is 0 Å². The van der Waals surface area contributed by atoms with E-state index in [0.29, 0.717) is 19.6 Å². The molecule has 0 radical (unpaired) electrons. The Labute approximate surface area is 122 Å². The van der Waals surface area contributed by atoms with Crippen LogP contribution in [0, 0.1) is 17.8 Å². The molecule has 3 nitrogen and oxygen atoms in total. The van der Waals surface area contributed by atoms with Crippen LogP contribution < -0.4 is 10.1 Å². The van der Waals surface area contributed by atoms with Gasteiger partial charge in [-0.2, -0.15) is 0 Å². The Morgan fingerprint density at radius 2 is 1.95 bits per heavy atom. The van der Waals surface area contributed by atoms with Gasteiger partial charge in [0.1, 0.15) is 5.75 Å². The van der Waals surface area contributed by atoms with Gasteiger partial charge in [-0.15, -0.1) is 12.3 Å². The normalized spacial score (nSPS) is 12.8. The predicted molar refractivity (Wildman–Crippen MR) is 82.6 cm³/mol. The minimum atomic E-state index is -0.353. The molecule has 0 aliphatic heterocycles. The second-order valence-corrected chi connectivity index (χ2v) is 5.96. The van der Waals surface area contributed by atoms with E-state index in [2.05, 4.69) is 11.2 Å². The van der Waals surface area contributed by atoms with Gasteiger partial charge in [-0.1, -0.05) is 32.9 Å². The van der Waals surface area contributed by atoms with E-state index in [4.69, 9.17) is 11.2 Å². The Bertz CT molecular complexity index is 426. The van der Waals surface area contributed by atoms with Crippen LogP contribution in [0.5, 0.6) is 5.75 Å². The number of rotatable bonds is 7. The number of nitrogens with one attached hydrogen (secondary N) is 1. The summed E-state index contributed by atoms with van der Waals surface area (Å²) >= 11 is 0. The second-order valence-electron chi connectivity index (χ2n) is 5.96. The Hall–Kier alpha value is -1.50. The van der Waals surface area contributed by atoms with Crippen molar-refractivity contribution in [1.82, 2.24) is 5.32 Å². The third-order valence-electron chi connectivity index (χ3n) is 3.10. The topological polar surface area (TPSA) is 41.5 Å². The molecular formula is C17H25NO2. The van der Waals surface area contributed by atoms with Crippen molar-refractivity contribution >= 4 is 0 Å². The lowest BCUT2D eigenvalue weighted by Crippen LogP contribution is -2.36. The van der Waals surface area contributed by atoms with Crippen molar-refractivity contribution in [3.63, 3.8) is 0 Å². The number of aliphatic hydroxyl groups excluding tert-OH is 1. The Balaban J connectivity index is 2.33. The Morgan fingerprint density at radius 1 is 1.30 bits per heavy atom. The molecular weight excluding hydrogens is 250 g/mol. The van der Waals surface area contributed by atoms with E-state index in [1.54, 1.807) is 0 Å². The molecule has 1 aromatic carbocycles. The molecule has 0 aliphatic carbocycles. The summed E-state index contributed by atoms with van der Waals surface area (Å²) in [4.78, 5) is 0. The van der Waals surface area contributed by atoms with E-state index >= 15 is 0 Å². The van der Waals surface area contributed by atoms with Crippen LogP contribution in [0.15, 0.2) is 24.3 Å². The predicted octanol–water partition coefficient (Wildman–Crippen LogP) is 2.59. The molecule has 0 bridgehead atoms. The van der Waals surface area contributed by atoms with Gasteiger partial charge in [-0.3, -0.25) is 0 Å². The standard InChI is InChI=1S/C17H25NO2/c1-5-6-11-20-15-9-7-14(8-10-15)12-18-13-16(19)17(2,3)4/h1,7-10,16,18-19H,6,11-13H2,2-4H3. The van der Waals surface area contributed by atoms with Gasteiger partial charge in [0, 0.05) is 19.5 Å². The summed E-state index contributed by atoms with van der Waals surface area (Å²) in [7, 11) is 0. The summed E-state index contributed by atoms with van der Waals surface area (Å²) < 4.78 is 5.49. The first-order chi connectivity index (χ1) is 9.43. The molecule has 0 fully saturated rings. The highest BCUT2D eigenvalue weighted by molar-refractivity contribution is 5.27. The van der Waals surface area contributed by atoms with Gasteiger partial charge in [-0.25, -0.2) is 0 Å². The number of hydrogen-bond donors (Lipinski definition) is 2. The van der Waals surface area contributed by atoms with Crippen molar-refractivity contribution in [1.29, 1.82) is 0 Å². The summed E-state index contributed by atoms with van der Waals surface area (Å²) in [5.41, 5.74) is 1.07. The lowest BCUT2D eigenvalue weighted by molar-refractivity contribution is 0.0627. The highest BCUT2D eigenvalue weighted by atomic mass is 16.5. The lowest BCUT2D eigenvalue weighted by Gasteiger charge is -2.26. The second kappa shape index (κ2) is 7.94. The van der Waals surface area contributed by atoms with Crippen molar-refractivity contribution in [3.8, 4) is 18.1 Å². The summed E-state index contributed by atoms with van der Waals surface area (Å²) in [5.74, 6) is 3.37. The van der Waals surface area contributed by atoms with Crippen LogP contribution >= 0.6 is 0 Å². The summed E-state index contributed by atoms with van der Waals surface area (Å²) in [6, 6.07) is 7.91. The van der Waals surface area contributed by atoms with Crippen LogP contribution in [0.4, 0.5) is 0 Å². The molecule has 0 aromatic heterocycles. The van der Waals surface area contributed by atoms with Crippen LogP contribution in [-0.4, -0.2) is 24.4 Å². The zero-order chi connectivity index (χ0) is 15.0. The molecule has 1 unspecified atom stereocenters.